The first-order valence-electron chi connectivity index (χ1n) is 11.8. The maximum absolute atomic E-state index is 13.6. The van der Waals surface area contributed by atoms with Gasteiger partial charge in [-0.05, 0) is 54.7 Å². The van der Waals surface area contributed by atoms with E-state index in [2.05, 4.69) is 0 Å². The molecule has 0 bridgehead atoms. The van der Waals surface area contributed by atoms with Crippen molar-refractivity contribution in [3.05, 3.63) is 76.0 Å². The largest absolute Gasteiger partial charge is 0.463 e. The van der Waals surface area contributed by atoms with Crippen LogP contribution < -0.4 is 4.74 Å². The van der Waals surface area contributed by atoms with E-state index in [-0.39, 0.29) is 24.9 Å². The number of nitrogens with zero attached hydrogens (tertiary/aromatic N) is 1. The van der Waals surface area contributed by atoms with Gasteiger partial charge in [-0.1, -0.05) is 35.9 Å². The summed E-state index contributed by atoms with van der Waals surface area (Å²) in [5, 5.41) is 0.638. The van der Waals surface area contributed by atoms with E-state index in [1.54, 1.807) is 31.2 Å². The molecule has 8 heteroatoms. The first-order valence-corrected chi connectivity index (χ1v) is 12.2. The number of carbonyl (C=O) groups excluding carboxylic acids is 3. The topological polar surface area (TPSA) is 91.3 Å². The maximum atomic E-state index is 13.6. The Balaban J connectivity index is 1.73. The van der Waals surface area contributed by atoms with Crippen LogP contribution in [0.1, 0.15) is 49.7 Å². The van der Waals surface area contributed by atoms with E-state index in [0.717, 1.165) is 11.1 Å². The predicted molar refractivity (Wildman–Crippen MR) is 135 cm³/mol. The van der Waals surface area contributed by atoms with Crippen LogP contribution in [0.4, 0.5) is 0 Å². The molecule has 0 aromatic heterocycles. The molecule has 0 N–H and O–H groups in total. The summed E-state index contributed by atoms with van der Waals surface area (Å²) in [7, 11) is 1.53. The minimum Gasteiger partial charge on any atom is -0.463 e. The number of ether oxygens (including phenoxy) is 3. The quantitative estimate of drug-likeness (QED) is 0.295. The second-order valence-electron chi connectivity index (χ2n) is 8.97. The summed E-state index contributed by atoms with van der Waals surface area (Å²) in [4.78, 5) is 42.9. The lowest BCUT2D eigenvalue weighted by Gasteiger charge is -2.36. The van der Waals surface area contributed by atoms with Crippen LogP contribution in [0.25, 0.3) is 0 Å². The molecule has 1 unspecified atom stereocenters. The van der Waals surface area contributed by atoms with Gasteiger partial charge in [0.25, 0.3) is 0 Å². The van der Waals surface area contributed by atoms with Crippen molar-refractivity contribution in [3.8, 4) is 5.75 Å². The molecular formula is C28H28ClNO6. The van der Waals surface area contributed by atoms with Crippen molar-refractivity contribution < 1.29 is 28.6 Å². The Morgan fingerprint density at radius 1 is 1.00 bits per heavy atom. The number of hydrogen-bond donors (Lipinski definition) is 0. The zero-order valence-electron chi connectivity index (χ0n) is 20.5. The summed E-state index contributed by atoms with van der Waals surface area (Å²) in [5.74, 6) is -1.88. The van der Waals surface area contributed by atoms with Gasteiger partial charge in [0, 0.05) is 48.4 Å². The summed E-state index contributed by atoms with van der Waals surface area (Å²) in [6.07, 6.45) is 0.885. The molecule has 1 heterocycles. The fourth-order valence-corrected chi connectivity index (χ4v) is 5.05. The summed E-state index contributed by atoms with van der Waals surface area (Å²) in [5.41, 5.74) is 3.60. The Kier molecular flexibility index (Phi) is 8.01. The molecule has 0 amide bonds. The standard InChI is InChI=1S/C28H28ClNO6/c1-16-25(28(33)35-13-12-34-3)26(19-6-10-22(11-7-19)36-17(2)31)27-23(30-16)14-20(15-24(27)32)18-4-8-21(29)9-5-18/h4-11,20,25-26H,12-15H2,1-3H3/t20-,25?,26+/m0/s1. The normalized spacial score (nSPS) is 21.5. The van der Waals surface area contributed by atoms with Crippen molar-refractivity contribution >= 4 is 35.0 Å². The second-order valence-corrected chi connectivity index (χ2v) is 9.41. The van der Waals surface area contributed by atoms with Crippen molar-refractivity contribution in [1.82, 2.24) is 0 Å². The van der Waals surface area contributed by atoms with Crippen molar-refractivity contribution in [2.75, 3.05) is 20.3 Å². The third-order valence-electron chi connectivity index (χ3n) is 6.52. The minimum atomic E-state index is -0.754. The molecule has 0 radical (unpaired) electrons. The van der Waals surface area contributed by atoms with E-state index in [1.165, 1.54) is 14.0 Å². The molecular weight excluding hydrogens is 482 g/mol. The van der Waals surface area contributed by atoms with Gasteiger partial charge in [0.2, 0.25) is 0 Å². The molecule has 3 atom stereocenters. The molecule has 2 aromatic carbocycles. The number of rotatable bonds is 7. The molecule has 36 heavy (non-hydrogen) atoms. The number of benzene rings is 2. The Hall–Kier alpha value is -3.29. The van der Waals surface area contributed by atoms with Gasteiger partial charge in [0.05, 0.1) is 6.61 Å². The molecule has 188 valence electrons. The number of Topliss-reactive ketones (excluding diaryl/α,β-unsaturated/α-hetero) is 1. The van der Waals surface area contributed by atoms with Gasteiger partial charge in [-0.2, -0.15) is 0 Å². The highest BCUT2D eigenvalue weighted by Crippen LogP contribution is 2.47. The van der Waals surface area contributed by atoms with E-state index >= 15 is 0 Å². The van der Waals surface area contributed by atoms with Crippen LogP contribution in [-0.4, -0.2) is 43.8 Å². The SMILES string of the molecule is COCCOC(=O)C1C(C)=NC2=C(C(=O)C[C@@H](c3ccc(Cl)cc3)C2)[C@@H]1c1ccc(OC(C)=O)cc1. The first-order chi connectivity index (χ1) is 17.3. The van der Waals surface area contributed by atoms with Crippen molar-refractivity contribution in [2.24, 2.45) is 10.9 Å². The number of allylic oxidation sites excluding steroid dienone is 2. The van der Waals surface area contributed by atoms with E-state index in [1.807, 2.05) is 24.3 Å². The average Bonchev–Trinajstić information content (AvgIpc) is 2.83. The number of methoxy groups -OCH3 is 1. The lowest BCUT2D eigenvalue weighted by atomic mass is 9.69. The van der Waals surface area contributed by atoms with E-state index in [0.29, 0.717) is 40.6 Å². The van der Waals surface area contributed by atoms with Crippen LogP contribution in [0.5, 0.6) is 5.75 Å². The smallest absolute Gasteiger partial charge is 0.315 e. The summed E-state index contributed by atoms with van der Waals surface area (Å²) >= 11 is 6.05. The van der Waals surface area contributed by atoms with Crippen LogP contribution in [0.2, 0.25) is 5.02 Å². The molecule has 2 aromatic rings. The molecule has 0 saturated heterocycles. The van der Waals surface area contributed by atoms with E-state index in [9.17, 15) is 14.4 Å². The van der Waals surface area contributed by atoms with E-state index in [4.69, 9.17) is 30.8 Å². The van der Waals surface area contributed by atoms with Crippen LogP contribution in [0.15, 0.2) is 64.8 Å². The molecule has 1 aliphatic carbocycles. The second kappa shape index (κ2) is 11.2. The molecule has 4 rings (SSSR count). The van der Waals surface area contributed by atoms with Crippen molar-refractivity contribution in [2.45, 2.75) is 38.5 Å². The van der Waals surface area contributed by atoms with Gasteiger partial charge < -0.3 is 14.2 Å². The number of esters is 2. The van der Waals surface area contributed by atoms with Gasteiger partial charge in [-0.25, -0.2) is 0 Å². The van der Waals surface area contributed by atoms with Crippen molar-refractivity contribution in [3.63, 3.8) is 0 Å². The van der Waals surface area contributed by atoms with Crippen LogP contribution in [0.3, 0.4) is 0 Å². The Morgan fingerprint density at radius 2 is 1.67 bits per heavy atom. The van der Waals surface area contributed by atoms with Gasteiger partial charge in [0.15, 0.2) is 5.78 Å². The number of halogens is 1. The lowest BCUT2D eigenvalue weighted by Crippen LogP contribution is -2.38. The number of aliphatic imine (C=N–C) groups is 1. The van der Waals surface area contributed by atoms with Gasteiger partial charge in [-0.15, -0.1) is 0 Å². The molecule has 7 nitrogen and oxygen atoms in total. The molecule has 0 saturated carbocycles. The predicted octanol–water partition coefficient (Wildman–Crippen LogP) is 5.03. The number of carbonyl (C=O) groups is 3. The minimum absolute atomic E-state index is 0.0257. The Bertz CT molecular complexity index is 1220. The third-order valence-corrected chi connectivity index (χ3v) is 6.77. The lowest BCUT2D eigenvalue weighted by molar-refractivity contribution is -0.147. The van der Waals surface area contributed by atoms with Crippen LogP contribution in [-0.2, 0) is 23.9 Å². The monoisotopic (exact) mass is 509 g/mol. The van der Waals surface area contributed by atoms with Crippen LogP contribution in [0, 0.1) is 5.92 Å². The molecule has 0 fully saturated rings. The highest BCUT2D eigenvalue weighted by molar-refractivity contribution is 6.30. The third kappa shape index (κ3) is 5.58. The Labute approximate surface area is 215 Å². The molecule has 2 aliphatic rings. The van der Waals surface area contributed by atoms with Crippen LogP contribution >= 0.6 is 11.6 Å². The van der Waals surface area contributed by atoms with Gasteiger partial charge in [0.1, 0.15) is 18.3 Å². The average molecular weight is 510 g/mol. The zero-order chi connectivity index (χ0) is 25.8. The van der Waals surface area contributed by atoms with E-state index < -0.39 is 23.8 Å². The highest BCUT2D eigenvalue weighted by atomic mass is 35.5. The summed E-state index contributed by atoms with van der Waals surface area (Å²) < 4.78 is 15.6. The summed E-state index contributed by atoms with van der Waals surface area (Å²) in [6, 6.07) is 14.4. The fourth-order valence-electron chi connectivity index (χ4n) is 4.92. The van der Waals surface area contributed by atoms with Crippen molar-refractivity contribution in [1.29, 1.82) is 0 Å². The zero-order valence-corrected chi connectivity index (χ0v) is 21.2. The molecule has 0 spiro atoms. The van der Waals surface area contributed by atoms with Gasteiger partial charge >= 0.3 is 11.9 Å². The molecule has 1 aliphatic heterocycles. The highest BCUT2D eigenvalue weighted by Gasteiger charge is 2.44. The first kappa shape index (κ1) is 25.8. The van der Waals surface area contributed by atoms with Gasteiger partial charge in [-0.3, -0.25) is 19.4 Å². The Morgan fingerprint density at radius 3 is 2.31 bits per heavy atom. The number of hydrogen-bond acceptors (Lipinski definition) is 7. The number of ketones is 1. The summed E-state index contributed by atoms with van der Waals surface area (Å²) in [6.45, 7) is 3.50. The maximum Gasteiger partial charge on any atom is 0.315 e. The fraction of sp³-hybridized carbons (Fsp3) is 0.357.